The lowest BCUT2D eigenvalue weighted by molar-refractivity contribution is 0.552. The van der Waals surface area contributed by atoms with Crippen molar-refractivity contribution in [1.82, 2.24) is 5.32 Å². The highest BCUT2D eigenvalue weighted by molar-refractivity contribution is 5.71. The van der Waals surface area contributed by atoms with Gasteiger partial charge >= 0.3 is 0 Å². The van der Waals surface area contributed by atoms with Crippen molar-refractivity contribution < 1.29 is 0 Å². The van der Waals surface area contributed by atoms with Gasteiger partial charge in [-0.3, -0.25) is 0 Å². The summed E-state index contributed by atoms with van der Waals surface area (Å²) in [6.07, 6.45) is 1.14. The number of hydrogen-bond acceptors (Lipinski definition) is 2. The zero-order valence-corrected chi connectivity index (χ0v) is 13.0. The highest BCUT2D eigenvalue weighted by Gasteiger charge is 2.21. The molecule has 110 valence electrons. The number of fused-ring (bicyclic) bond motifs is 1. The van der Waals surface area contributed by atoms with E-state index in [-0.39, 0.29) is 0 Å². The molecule has 2 aromatic carbocycles. The first kappa shape index (κ1) is 14.2. The van der Waals surface area contributed by atoms with Gasteiger partial charge in [-0.15, -0.1) is 0 Å². The molecular weight excluding hydrogens is 256 g/mol. The van der Waals surface area contributed by atoms with Crippen molar-refractivity contribution in [2.75, 3.05) is 18.0 Å². The van der Waals surface area contributed by atoms with Crippen LogP contribution in [0.5, 0.6) is 0 Å². The van der Waals surface area contributed by atoms with Crippen LogP contribution < -0.4 is 10.2 Å². The van der Waals surface area contributed by atoms with Crippen LogP contribution in [-0.4, -0.2) is 13.1 Å². The van der Waals surface area contributed by atoms with Gasteiger partial charge in [0.25, 0.3) is 0 Å². The second-order valence-corrected chi connectivity index (χ2v) is 6.18. The van der Waals surface area contributed by atoms with Gasteiger partial charge in [0.2, 0.25) is 0 Å². The molecule has 0 unspecified atom stereocenters. The maximum Gasteiger partial charge on any atom is 0.0456 e. The average Bonchev–Trinajstić information content (AvgIpc) is 2.91. The molecule has 3 rings (SSSR count). The Bertz CT molecular complexity index is 604. The standard InChI is InChI=1S/C19H24N2/c1-15(2)13-20-14-17-8-4-6-10-19(17)21-12-11-16-7-3-5-9-18(16)21/h3-10,15,20H,11-14H2,1-2H3. The Kier molecular flexibility index (Phi) is 4.26. The zero-order valence-electron chi connectivity index (χ0n) is 13.0. The summed E-state index contributed by atoms with van der Waals surface area (Å²) in [5.41, 5.74) is 5.56. The van der Waals surface area contributed by atoms with Gasteiger partial charge in [-0.1, -0.05) is 50.2 Å². The summed E-state index contributed by atoms with van der Waals surface area (Å²) >= 11 is 0. The minimum atomic E-state index is 0.685. The van der Waals surface area contributed by atoms with Crippen molar-refractivity contribution in [3.8, 4) is 0 Å². The molecule has 0 bridgehead atoms. The number of nitrogens with zero attached hydrogens (tertiary/aromatic N) is 1. The fourth-order valence-corrected chi connectivity index (χ4v) is 3.01. The molecule has 0 fully saturated rings. The smallest absolute Gasteiger partial charge is 0.0456 e. The molecule has 0 aromatic heterocycles. The molecule has 2 heteroatoms. The summed E-state index contributed by atoms with van der Waals surface area (Å²) in [6.45, 7) is 7.57. The van der Waals surface area contributed by atoms with E-state index in [9.17, 15) is 0 Å². The van der Waals surface area contributed by atoms with E-state index in [1.807, 2.05) is 0 Å². The summed E-state index contributed by atoms with van der Waals surface area (Å²) in [5, 5.41) is 3.56. The van der Waals surface area contributed by atoms with Gasteiger partial charge < -0.3 is 10.2 Å². The van der Waals surface area contributed by atoms with E-state index >= 15 is 0 Å². The first-order chi connectivity index (χ1) is 10.3. The van der Waals surface area contributed by atoms with Crippen LogP contribution >= 0.6 is 0 Å². The Morgan fingerprint density at radius 3 is 2.52 bits per heavy atom. The average molecular weight is 280 g/mol. The van der Waals surface area contributed by atoms with Gasteiger partial charge in [0.1, 0.15) is 0 Å². The van der Waals surface area contributed by atoms with E-state index < -0.39 is 0 Å². The quantitative estimate of drug-likeness (QED) is 0.886. The van der Waals surface area contributed by atoms with Gasteiger partial charge in [0.15, 0.2) is 0 Å². The van der Waals surface area contributed by atoms with Gasteiger partial charge in [-0.2, -0.15) is 0 Å². The van der Waals surface area contributed by atoms with Crippen LogP contribution in [-0.2, 0) is 13.0 Å². The molecule has 1 N–H and O–H groups in total. The number of para-hydroxylation sites is 2. The highest BCUT2D eigenvalue weighted by atomic mass is 15.2. The Labute approximate surface area is 127 Å². The maximum absolute atomic E-state index is 3.56. The minimum absolute atomic E-state index is 0.685. The van der Waals surface area contributed by atoms with Crippen LogP contribution in [0, 0.1) is 5.92 Å². The lowest BCUT2D eigenvalue weighted by atomic mass is 10.1. The molecule has 0 saturated carbocycles. The van der Waals surface area contributed by atoms with Crippen molar-refractivity contribution in [3.05, 3.63) is 59.7 Å². The van der Waals surface area contributed by atoms with E-state index in [1.165, 1.54) is 22.5 Å². The molecule has 0 saturated heterocycles. The predicted octanol–water partition coefficient (Wildman–Crippen LogP) is 4.13. The molecule has 1 aliphatic rings. The monoisotopic (exact) mass is 280 g/mol. The van der Waals surface area contributed by atoms with E-state index in [4.69, 9.17) is 0 Å². The Morgan fingerprint density at radius 2 is 1.71 bits per heavy atom. The molecule has 2 nitrogen and oxygen atoms in total. The fourth-order valence-electron chi connectivity index (χ4n) is 3.01. The largest absolute Gasteiger partial charge is 0.341 e. The van der Waals surface area contributed by atoms with Crippen LogP contribution in [0.3, 0.4) is 0 Å². The fraction of sp³-hybridized carbons (Fsp3) is 0.368. The molecule has 0 aliphatic carbocycles. The van der Waals surface area contributed by atoms with Crippen molar-refractivity contribution in [2.24, 2.45) is 5.92 Å². The van der Waals surface area contributed by atoms with Crippen LogP contribution in [0.15, 0.2) is 48.5 Å². The van der Waals surface area contributed by atoms with Crippen molar-refractivity contribution >= 4 is 11.4 Å². The molecule has 0 amide bonds. The van der Waals surface area contributed by atoms with E-state index in [2.05, 4.69) is 72.6 Å². The van der Waals surface area contributed by atoms with Crippen LogP contribution in [0.25, 0.3) is 0 Å². The minimum Gasteiger partial charge on any atom is -0.341 e. The second-order valence-electron chi connectivity index (χ2n) is 6.18. The maximum atomic E-state index is 3.56. The van der Waals surface area contributed by atoms with Crippen molar-refractivity contribution in [3.63, 3.8) is 0 Å². The van der Waals surface area contributed by atoms with E-state index in [1.54, 1.807) is 0 Å². The molecule has 0 spiro atoms. The van der Waals surface area contributed by atoms with Gasteiger partial charge in [0, 0.05) is 24.5 Å². The Balaban J connectivity index is 1.83. The number of benzene rings is 2. The van der Waals surface area contributed by atoms with Gasteiger partial charge in [-0.05, 0) is 42.1 Å². The predicted molar refractivity (Wildman–Crippen MR) is 90.1 cm³/mol. The summed E-state index contributed by atoms with van der Waals surface area (Å²) < 4.78 is 0. The molecule has 21 heavy (non-hydrogen) atoms. The Morgan fingerprint density at radius 1 is 1.00 bits per heavy atom. The molecular formula is C19H24N2. The molecule has 1 aliphatic heterocycles. The van der Waals surface area contributed by atoms with Crippen LogP contribution in [0.2, 0.25) is 0 Å². The topological polar surface area (TPSA) is 15.3 Å². The van der Waals surface area contributed by atoms with Crippen molar-refractivity contribution in [1.29, 1.82) is 0 Å². The molecule has 1 heterocycles. The lowest BCUT2D eigenvalue weighted by Gasteiger charge is -2.23. The third-order valence-electron chi connectivity index (χ3n) is 4.04. The van der Waals surface area contributed by atoms with E-state index in [0.717, 1.165) is 26.1 Å². The summed E-state index contributed by atoms with van der Waals surface area (Å²) in [7, 11) is 0. The third-order valence-corrected chi connectivity index (χ3v) is 4.04. The van der Waals surface area contributed by atoms with E-state index in [0.29, 0.717) is 5.92 Å². The first-order valence-corrected chi connectivity index (χ1v) is 7.90. The number of anilines is 2. The zero-order chi connectivity index (χ0) is 14.7. The van der Waals surface area contributed by atoms with Gasteiger partial charge in [-0.25, -0.2) is 0 Å². The van der Waals surface area contributed by atoms with Gasteiger partial charge in [0.05, 0.1) is 0 Å². The summed E-state index contributed by atoms with van der Waals surface area (Å²) in [5.74, 6) is 0.685. The van der Waals surface area contributed by atoms with Crippen LogP contribution in [0.1, 0.15) is 25.0 Å². The molecule has 0 radical (unpaired) electrons. The lowest BCUT2D eigenvalue weighted by Crippen LogP contribution is -2.21. The van der Waals surface area contributed by atoms with Crippen molar-refractivity contribution in [2.45, 2.75) is 26.8 Å². The number of hydrogen-bond donors (Lipinski definition) is 1. The molecule has 2 aromatic rings. The van der Waals surface area contributed by atoms with Crippen LogP contribution in [0.4, 0.5) is 11.4 Å². The Hall–Kier alpha value is -1.80. The molecule has 0 atom stereocenters. The number of nitrogens with one attached hydrogen (secondary N) is 1. The summed E-state index contributed by atoms with van der Waals surface area (Å²) in [4.78, 5) is 2.46. The summed E-state index contributed by atoms with van der Waals surface area (Å²) in [6, 6.07) is 17.5. The normalized spacial score (nSPS) is 13.8. The third kappa shape index (κ3) is 3.11. The SMILES string of the molecule is CC(C)CNCc1ccccc1N1CCc2ccccc21. The first-order valence-electron chi connectivity index (χ1n) is 7.90. The second kappa shape index (κ2) is 6.31. The number of rotatable bonds is 5. The highest BCUT2D eigenvalue weighted by Crippen LogP contribution is 2.35.